The predicted molar refractivity (Wildman–Crippen MR) is 75.5 cm³/mol. The van der Waals surface area contributed by atoms with Crippen LogP contribution >= 0.6 is 0 Å². The molecule has 0 bridgehead atoms. The minimum absolute atomic E-state index is 0.205. The fraction of sp³-hybridized carbons (Fsp3) is 0.643. The predicted octanol–water partition coefficient (Wildman–Crippen LogP) is 2.00. The quantitative estimate of drug-likeness (QED) is 0.742. The van der Waals surface area contributed by atoms with E-state index in [9.17, 15) is 0 Å². The molecule has 2 atom stereocenters. The molecule has 3 N–H and O–H groups in total. The first-order valence-corrected chi connectivity index (χ1v) is 6.68. The van der Waals surface area contributed by atoms with Crippen LogP contribution in [-0.2, 0) is 11.2 Å². The molecule has 0 aliphatic rings. The number of rotatable bonds is 8. The second kappa shape index (κ2) is 8.06. The average Bonchev–Trinajstić information content (AvgIpc) is 2.39. The van der Waals surface area contributed by atoms with Crippen LogP contribution in [0.3, 0.4) is 0 Å². The van der Waals surface area contributed by atoms with Crippen LogP contribution in [0.4, 0.5) is 5.82 Å². The Morgan fingerprint density at radius 3 is 2.78 bits per heavy atom. The van der Waals surface area contributed by atoms with E-state index in [1.165, 1.54) is 0 Å². The molecular weight excluding hydrogens is 226 g/mol. The number of pyridine rings is 1. The Labute approximate surface area is 110 Å². The van der Waals surface area contributed by atoms with Gasteiger partial charge in [-0.25, -0.2) is 4.98 Å². The summed E-state index contributed by atoms with van der Waals surface area (Å²) in [4.78, 5) is 4.13. The van der Waals surface area contributed by atoms with E-state index in [2.05, 4.69) is 24.1 Å². The molecule has 102 valence electrons. The molecule has 1 heterocycles. The summed E-state index contributed by atoms with van der Waals surface area (Å²) in [5.74, 6) is 0.617. The first kappa shape index (κ1) is 14.9. The molecule has 0 aliphatic carbocycles. The summed E-state index contributed by atoms with van der Waals surface area (Å²) in [5, 5.41) is 3.54. The number of nitrogens with two attached hydrogens (primary N) is 1. The highest BCUT2D eigenvalue weighted by Gasteiger charge is 2.20. The van der Waals surface area contributed by atoms with Gasteiger partial charge in [0.1, 0.15) is 5.82 Å². The third kappa shape index (κ3) is 4.27. The van der Waals surface area contributed by atoms with Crippen LogP contribution in [0.15, 0.2) is 18.3 Å². The van der Waals surface area contributed by atoms with Gasteiger partial charge in [0, 0.05) is 19.3 Å². The first-order valence-electron chi connectivity index (χ1n) is 6.68. The van der Waals surface area contributed by atoms with Crippen LogP contribution < -0.4 is 11.1 Å². The van der Waals surface area contributed by atoms with Crippen LogP contribution in [0.1, 0.15) is 32.3 Å². The number of aromatic nitrogens is 1. The highest BCUT2D eigenvalue weighted by molar-refractivity contribution is 5.39. The van der Waals surface area contributed by atoms with Crippen molar-refractivity contribution in [2.75, 3.05) is 19.4 Å². The fourth-order valence-corrected chi connectivity index (χ4v) is 2.14. The Kier molecular flexibility index (Phi) is 6.68. The Balaban J connectivity index is 2.74. The van der Waals surface area contributed by atoms with Crippen molar-refractivity contribution < 1.29 is 4.74 Å². The molecular formula is C14H25N3O. The molecule has 0 fully saturated rings. The van der Waals surface area contributed by atoms with E-state index in [-0.39, 0.29) is 12.1 Å². The van der Waals surface area contributed by atoms with Gasteiger partial charge in [0.15, 0.2) is 0 Å². The molecule has 0 aromatic carbocycles. The molecule has 1 rings (SSSR count). The Hall–Kier alpha value is -1.13. The Bertz CT molecular complexity index is 340. The van der Waals surface area contributed by atoms with Crippen molar-refractivity contribution in [1.82, 2.24) is 10.3 Å². The second-order valence-electron chi connectivity index (χ2n) is 4.49. The van der Waals surface area contributed by atoms with E-state index in [1.807, 2.05) is 12.1 Å². The van der Waals surface area contributed by atoms with E-state index in [0.717, 1.165) is 31.4 Å². The summed E-state index contributed by atoms with van der Waals surface area (Å²) in [6.07, 6.45) is 4.88. The largest absolute Gasteiger partial charge is 0.383 e. The van der Waals surface area contributed by atoms with Crippen molar-refractivity contribution in [3.63, 3.8) is 0 Å². The molecule has 0 amide bonds. The first-order chi connectivity index (χ1) is 8.72. The van der Waals surface area contributed by atoms with E-state index < -0.39 is 0 Å². The number of methoxy groups -OCH3 is 1. The standard InChI is InChI=1S/C14H25N3O/c1-4-8-16-12(13(5-2)18-3)10-11-7-6-9-17-14(11)15/h6-7,9,12-13,16H,4-5,8,10H2,1-3H3,(H2,15,17). The lowest BCUT2D eigenvalue weighted by Gasteiger charge is -2.26. The number of hydrogen-bond acceptors (Lipinski definition) is 4. The molecule has 2 unspecified atom stereocenters. The lowest BCUT2D eigenvalue weighted by atomic mass is 10.00. The third-order valence-corrected chi connectivity index (χ3v) is 3.18. The fourth-order valence-electron chi connectivity index (χ4n) is 2.14. The summed E-state index contributed by atoms with van der Waals surface area (Å²) in [7, 11) is 1.77. The number of ether oxygens (including phenoxy) is 1. The number of anilines is 1. The van der Waals surface area contributed by atoms with Crippen molar-refractivity contribution in [2.24, 2.45) is 0 Å². The Morgan fingerprint density at radius 2 is 2.22 bits per heavy atom. The lowest BCUT2D eigenvalue weighted by molar-refractivity contribution is 0.0654. The maximum absolute atomic E-state index is 5.90. The highest BCUT2D eigenvalue weighted by Crippen LogP contribution is 2.14. The zero-order valence-electron chi connectivity index (χ0n) is 11.6. The summed E-state index contributed by atoms with van der Waals surface area (Å²) in [6.45, 7) is 5.29. The number of hydrogen-bond donors (Lipinski definition) is 2. The van der Waals surface area contributed by atoms with Gasteiger partial charge in [-0.05, 0) is 37.4 Å². The molecule has 4 heteroatoms. The summed E-state index contributed by atoms with van der Waals surface area (Å²) < 4.78 is 5.55. The zero-order chi connectivity index (χ0) is 13.4. The smallest absolute Gasteiger partial charge is 0.126 e. The minimum Gasteiger partial charge on any atom is -0.383 e. The highest BCUT2D eigenvalue weighted by atomic mass is 16.5. The summed E-state index contributed by atoms with van der Waals surface area (Å²) in [5.41, 5.74) is 6.99. The molecule has 0 saturated carbocycles. The van der Waals surface area contributed by atoms with E-state index >= 15 is 0 Å². The molecule has 0 aliphatic heterocycles. The Morgan fingerprint density at radius 1 is 1.44 bits per heavy atom. The van der Waals surface area contributed by atoms with Crippen molar-refractivity contribution in [2.45, 2.75) is 45.3 Å². The van der Waals surface area contributed by atoms with Gasteiger partial charge in [0.25, 0.3) is 0 Å². The van der Waals surface area contributed by atoms with Crippen LogP contribution in [0, 0.1) is 0 Å². The number of nitrogens with zero attached hydrogens (tertiary/aromatic N) is 1. The molecule has 0 spiro atoms. The molecule has 1 aromatic heterocycles. The van der Waals surface area contributed by atoms with Gasteiger partial charge in [-0.1, -0.05) is 19.9 Å². The van der Waals surface area contributed by atoms with Gasteiger partial charge in [0.05, 0.1) is 6.10 Å². The maximum atomic E-state index is 5.90. The molecule has 1 aromatic rings. The van der Waals surface area contributed by atoms with E-state index in [0.29, 0.717) is 5.82 Å². The van der Waals surface area contributed by atoms with Gasteiger partial charge in [-0.2, -0.15) is 0 Å². The monoisotopic (exact) mass is 251 g/mol. The van der Waals surface area contributed by atoms with Crippen molar-refractivity contribution >= 4 is 5.82 Å². The number of nitrogens with one attached hydrogen (secondary N) is 1. The third-order valence-electron chi connectivity index (χ3n) is 3.18. The van der Waals surface area contributed by atoms with Crippen LogP contribution in [-0.4, -0.2) is 30.8 Å². The minimum atomic E-state index is 0.205. The zero-order valence-corrected chi connectivity index (χ0v) is 11.6. The summed E-state index contributed by atoms with van der Waals surface area (Å²) >= 11 is 0. The molecule has 4 nitrogen and oxygen atoms in total. The van der Waals surface area contributed by atoms with E-state index in [1.54, 1.807) is 13.3 Å². The average molecular weight is 251 g/mol. The van der Waals surface area contributed by atoms with Gasteiger partial charge < -0.3 is 15.8 Å². The van der Waals surface area contributed by atoms with Crippen molar-refractivity contribution in [3.8, 4) is 0 Å². The molecule has 0 saturated heterocycles. The van der Waals surface area contributed by atoms with Gasteiger partial charge in [0.2, 0.25) is 0 Å². The van der Waals surface area contributed by atoms with Gasteiger partial charge in [-0.15, -0.1) is 0 Å². The van der Waals surface area contributed by atoms with Crippen LogP contribution in [0.25, 0.3) is 0 Å². The summed E-state index contributed by atoms with van der Waals surface area (Å²) in [6, 6.07) is 4.24. The molecule has 18 heavy (non-hydrogen) atoms. The lowest BCUT2D eigenvalue weighted by Crippen LogP contribution is -2.42. The SMILES string of the molecule is CCCNC(Cc1cccnc1N)C(CC)OC. The second-order valence-corrected chi connectivity index (χ2v) is 4.49. The van der Waals surface area contributed by atoms with E-state index in [4.69, 9.17) is 10.5 Å². The van der Waals surface area contributed by atoms with Crippen molar-refractivity contribution in [3.05, 3.63) is 23.9 Å². The van der Waals surface area contributed by atoms with Crippen molar-refractivity contribution in [1.29, 1.82) is 0 Å². The van der Waals surface area contributed by atoms with Crippen LogP contribution in [0.2, 0.25) is 0 Å². The maximum Gasteiger partial charge on any atom is 0.126 e. The van der Waals surface area contributed by atoms with Gasteiger partial charge in [-0.3, -0.25) is 0 Å². The van der Waals surface area contributed by atoms with Crippen LogP contribution in [0.5, 0.6) is 0 Å². The number of nitrogen functional groups attached to an aromatic ring is 1. The van der Waals surface area contributed by atoms with Gasteiger partial charge >= 0.3 is 0 Å². The molecule has 0 radical (unpaired) electrons. The normalized spacial score (nSPS) is 14.4. The topological polar surface area (TPSA) is 60.2 Å².